The van der Waals surface area contributed by atoms with E-state index in [4.69, 9.17) is 5.84 Å². The largest absolute Gasteiger partial charge is 0.323 e. The number of sulfonamides is 1. The van der Waals surface area contributed by atoms with Crippen LogP contribution in [0.2, 0.25) is 0 Å². The molecule has 1 aliphatic heterocycles. The third kappa shape index (κ3) is 7.06. The van der Waals surface area contributed by atoms with Crippen LogP contribution in [0.15, 0.2) is 52.7 Å². The number of hydrazone groups is 1. The van der Waals surface area contributed by atoms with Gasteiger partial charge in [0.25, 0.3) is 0 Å². The first-order valence-corrected chi connectivity index (χ1v) is 12.5. The van der Waals surface area contributed by atoms with Crippen LogP contribution in [0.1, 0.15) is 43.9 Å². The first kappa shape index (κ1) is 24.8. The molecule has 8 nitrogen and oxygen atoms in total. The van der Waals surface area contributed by atoms with Gasteiger partial charge in [0.1, 0.15) is 5.82 Å². The molecular weight excluding hydrogens is 443 g/mol. The highest BCUT2D eigenvalue weighted by atomic mass is 32.2. The molecule has 3 N–H and O–H groups in total. The lowest BCUT2D eigenvalue weighted by atomic mass is 9.89. The maximum absolute atomic E-state index is 13.7. The molecule has 0 atom stereocenters. The lowest BCUT2D eigenvalue weighted by molar-refractivity contribution is 0.239. The van der Waals surface area contributed by atoms with Crippen LogP contribution in [-0.4, -0.2) is 55.1 Å². The summed E-state index contributed by atoms with van der Waals surface area (Å²) >= 11 is 0. The zero-order chi connectivity index (χ0) is 23.8. The number of nitrogens with zero attached hydrogens (tertiary/aromatic N) is 4. The highest BCUT2D eigenvalue weighted by molar-refractivity contribution is 7.93. The Morgan fingerprint density at radius 1 is 1.30 bits per heavy atom. The van der Waals surface area contributed by atoms with Gasteiger partial charge in [-0.2, -0.15) is 5.10 Å². The molecule has 3 rings (SSSR count). The van der Waals surface area contributed by atoms with Crippen molar-refractivity contribution in [2.45, 2.75) is 44.4 Å². The van der Waals surface area contributed by atoms with E-state index in [1.807, 2.05) is 18.2 Å². The van der Waals surface area contributed by atoms with E-state index in [2.05, 4.69) is 24.7 Å². The molecule has 1 saturated heterocycles. The molecule has 2 aromatic rings. The molecule has 0 bridgehead atoms. The normalized spacial score (nSPS) is 16.5. The first-order chi connectivity index (χ1) is 15.8. The van der Waals surface area contributed by atoms with E-state index >= 15 is 0 Å². The molecule has 0 radical (unpaired) electrons. The molecule has 0 amide bonds. The van der Waals surface area contributed by atoms with Gasteiger partial charge in [0, 0.05) is 24.6 Å². The number of nitrogens with one attached hydrogen (secondary N) is 1. The fourth-order valence-corrected chi connectivity index (χ4v) is 4.37. The maximum atomic E-state index is 13.7. The number of pyridine rings is 1. The number of likely N-dealkylation sites (tertiary alicyclic amines) is 1. The zero-order valence-corrected chi connectivity index (χ0v) is 19.8. The van der Waals surface area contributed by atoms with Crippen molar-refractivity contribution < 1.29 is 12.8 Å². The SMILES string of the molecule is CC(C)S(=O)(=O)Nc1cccc(C2CCN(CC(C=NCc3ncccc3F)=NN)CC2)c1. The Morgan fingerprint density at radius 2 is 2.06 bits per heavy atom. The number of aromatic nitrogens is 1. The van der Waals surface area contributed by atoms with Crippen LogP contribution < -0.4 is 10.6 Å². The highest BCUT2D eigenvalue weighted by Gasteiger charge is 2.22. The summed E-state index contributed by atoms with van der Waals surface area (Å²) in [6, 6.07) is 10.5. The van der Waals surface area contributed by atoms with Crippen molar-refractivity contribution in [2.75, 3.05) is 24.4 Å². The minimum Gasteiger partial charge on any atom is -0.323 e. The van der Waals surface area contributed by atoms with Gasteiger partial charge in [-0.1, -0.05) is 12.1 Å². The maximum Gasteiger partial charge on any atom is 0.235 e. The average Bonchev–Trinajstić information content (AvgIpc) is 2.80. The van der Waals surface area contributed by atoms with Crippen LogP contribution in [0.25, 0.3) is 0 Å². The smallest absolute Gasteiger partial charge is 0.235 e. The summed E-state index contributed by atoms with van der Waals surface area (Å²) in [6.45, 7) is 5.71. The molecule has 0 spiro atoms. The van der Waals surface area contributed by atoms with Crippen LogP contribution in [0.5, 0.6) is 0 Å². The molecule has 1 aliphatic rings. The molecule has 0 unspecified atom stereocenters. The topological polar surface area (TPSA) is 113 Å². The van der Waals surface area contributed by atoms with E-state index in [-0.39, 0.29) is 18.1 Å². The lowest BCUT2D eigenvalue weighted by Crippen LogP contribution is -2.37. The monoisotopic (exact) mass is 474 g/mol. The molecular formula is C23H31FN6O2S. The predicted octanol–water partition coefficient (Wildman–Crippen LogP) is 3.14. The van der Waals surface area contributed by atoms with Gasteiger partial charge in [0.2, 0.25) is 10.0 Å². The van der Waals surface area contributed by atoms with Gasteiger partial charge in [0.15, 0.2) is 0 Å². The van der Waals surface area contributed by atoms with Crippen LogP contribution in [0.3, 0.4) is 0 Å². The Labute approximate surface area is 194 Å². The molecule has 10 heteroatoms. The number of halogens is 1. The fourth-order valence-electron chi connectivity index (χ4n) is 3.68. The Morgan fingerprint density at radius 3 is 2.73 bits per heavy atom. The third-order valence-electron chi connectivity index (χ3n) is 5.69. The van der Waals surface area contributed by atoms with Crippen molar-refractivity contribution in [3.63, 3.8) is 0 Å². The van der Waals surface area contributed by atoms with E-state index in [0.717, 1.165) is 31.5 Å². The second-order valence-corrected chi connectivity index (χ2v) is 10.6. The minimum atomic E-state index is -3.37. The van der Waals surface area contributed by atoms with E-state index in [1.54, 1.807) is 32.2 Å². The van der Waals surface area contributed by atoms with Crippen LogP contribution in [-0.2, 0) is 16.6 Å². The van der Waals surface area contributed by atoms with E-state index < -0.39 is 15.3 Å². The second-order valence-electron chi connectivity index (χ2n) is 8.39. The molecule has 1 aromatic carbocycles. The van der Waals surface area contributed by atoms with Crippen molar-refractivity contribution in [3.05, 3.63) is 59.7 Å². The van der Waals surface area contributed by atoms with Crippen molar-refractivity contribution in [2.24, 2.45) is 15.9 Å². The Balaban J connectivity index is 1.52. The molecule has 2 heterocycles. The first-order valence-electron chi connectivity index (χ1n) is 11.0. The van der Waals surface area contributed by atoms with Crippen LogP contribution >= 0.6 is 0 Å². The number of aliphatic imine (C=N–C) groups is 1. The minimum absolute atomic E-state index is 0.130. The van der Waals surface area contributed by atoms with E-state index in [9.17, 15) is 12.8 Å². The van der Waals surface area contributed by atoms with Gasteiger partial charge < -0.3 is 5.84 Å². The summed E-state index contributed by atoms with van der Waals surface area (Å²) in [5, 5.41) is 3.33. The molecule has 178 valence electrons. The summed E-state index contributed by atoms with van der Waals surface area (Å²) < 4.78 is 40.6. The van der Waals surface area contributed by atoms with Gasteiger partial charge in [-0.3, -0.25) is 19.6 Å². The Bertz CT molecular complexity index is 1100. The van der Waals surface area contributed by atoms with Gasteiger partial charge >= 0.3 is 0 Å². The number of rotatable bonds is 9. The fraction of sp³-hybridized carbons (Fsp3) is 0.435. The molecule has 0 aliphatic carbocycles. The lowest BCUT2D eigenvalue weighted by Gasteiger charge is -2.32. The summed E-state index contributed by atoms with van der Waals surface area (Å²) in [7, 11) is -3.37. The standard InChI is InChI=1S/C23H31FN6O2S/c1-17(2)33(31,32)29-20-6-3-5-19(13-20)18-8-11-30(12-9-18)16-21(28-25)14-26-15-23-22(24)7-4-10-27-23/h3-7,10,13-14,17-18,29H,8-9,11-12,15-16,25H2,1-2H3. The number of hydrogen-bond acceptors (Lipinski definition) is 7. The van der Waals surface area contributed by atoms with Crippen molar-refractivity contribution in [1.29, 1.82) is 0 Å². The summed E-state index contributed by atoms with van der Waals surface area (Å²) in [5.74, 6) is 5.50. The van der Waals surface area contributed by atoms with Crippen LogP contribution in [0, 0.1) is 5.82 Å². The van der Waals surface area contributed by atoms with Crippen LogP contribution in [0.4, 0.5) is 10.1 Å². The van der Waals surface area contributed by atoms with Gasteiger partial charge in [0.05, 0.1) is 23.2 Å². The van der Waals surface area contributed by atoms with Crippen molar-refractivity contribution in [1.82, 2.24) is 9.88 Å². The number of piperidine rings is 1. The Hall–Kier alpha value is -2.85. The molecule has 0 saturated carbocycles. The highest BCUT2D eigenvalue weighted by Crippen LogP contribution is 2.29. The van der Waals surface area contributed by atoms with Crippen molar-refractivity contribution in [3.8, 4) is 0 Å². The molecule has 33 heavy (non-hydrogen) atoms. The number of hydrogen-bond donors (Lipinski definition) is 2. The average molecular weight is 475 g/mol. The molecule has 1 fully saturated rings. The Kier molecular flexibility index (Phi) is 8.51. The third-order valence-corrected chi connectivity index (χ3v) is 7.46. The van der Waals surface area contributed by atoms with E-state index in [1.165, 1.54) is 12.3 Å². The summed E-state index contributed by atoms with van der Waals surface area (Å²) in [4.78, 5) is 10.5. The second kappa shape index (κ2) is 11.3. The summed E-state index contributed by atoms with van der Waals surface area (Å²) in [6.07, 6.45) is 4.98. The van der Waals surface area contributed by atoms with Gasteiger partial charge in [-0.25, -0.2) is 12.8 Å². The predicted molar refractivity (Wildman–Crippen MR) is 131 cm³/mol. The zero-order valence-electron chi connectivity index (χ0n) is 19.0. The quantitative estimate of drug-likeness (QED) is 0.329. The molecule has 1 aromatic heterocycles. The number of benzene rings is 1. The summed E-state index contributed by atoms with van der Waals surface area (Å²) in [5.41, 5.74) is 2.63. The van der Waals surface area contributed by atoms with Gasteiger partial charge in [-0.15, -0.1) is 0 Å². The van der Waals surface area contributed by atoms with E-state index in [0.29, 0.717) is 23.9 Å². The number of nitrogens with two attached hydrogens (primary N) is 1. The number of anilines is 1. The van der Waals surface area contributed by atoms with Crippen molar-refractivity contribution >= 4 is 27.6 Å². The van der Waals surface area contributed by atoms with Gasteiger partial charge in [-0.05, 0) is 75.5 Å².